The minimum absolute atomic E-state index is 0.401. The molecule has 2 aromatic rings. The maximum atomic E-state index is 8.81. The molecule has 0 saturated heterocycles. The van der Waals surface area contributed by atoms with Gasteiger partial charge in [-0.3, -0.25) is 0 Å². The number of anilines is 3. The Bertz CT molecular complexity index is 634. The number of hydrazine groups is 1. The van der Waals surface area contributed by atoms with Gasteiger partial charge in [-0.2, -0.15) is 5.26 Å². The van der Waals surface area contributed by atoms with Crippen LogP contribution >= 0.6 is 0 Å². The first-order chi connectivity index (χ1) is 9.71. The second kappa shape index (κ2) is 5.86. The zero-order valence-corrected chi connectivity index (χ0v) is 11.2. The molecule has 102 valence electrons. The third-order valence-corrected chi connectivity index (χ3v) is 2.83. The van der Waals surface area contributed by atoms with Crippen molar-refractivity contribution in [2.24, 2.45) is 5.84 Å². The Morgan fingerprint density at radius 2 is 2.00 bits per heavy atom. The van der Waals surface area contributed by atoms with Gasteiger partial charge in [0.05, 0.1) is 18.7 Å². The van der Waals surface area contributed by atoms with E-state index in [2.05, 4.69) is 21.5 Å². The lowest BCUT2D eigenvalue weighted by Crippen LogP contribution is -2.16. The van der Waals surface area contributed by atoms with E-state index >= 15 is 0 Å². The molecule has 0 fully saturated rings. The smallest absolute Gasteiger partial charge is 0.206 e. The maximum absolute atomic E-state index is 8.81. The average molecular weight is 270 g/mol. The number of nitriles is 1. The average Bonchev–Trinajstić information content (AvgIpc) is 2.53. The van der Waals surface area contributed by atoms with E-state index in [0.717, 1.165) is 5.69 Å². The van der Waals surface area contributed by atoms with Crippen molar-refractivity contribution in [3.8, 4) is 11.8 Å². The Morgan fingerprint density at radius 3 is 2.55 bits per heavy atom. The van der Waals surface area contributed by atoms with E-state index in [9.17, 15) is 0 Å². The van der Waals surface area contributed by atoms with Crippen molar-refractivity contribution in [2.75, 3.05) is 24.5 Å². The fraction of sp³-hybridized carbons (Fsp3) is 0.154. The van der Waals surface area contributed by atoms with Gasteiger partial charge in [-0.05, 0) is 24.3 Å². The molecule has 0 spiro atoms. The summed E-state index contributed by atoms with van der Waals surface area (Å²) in [6, 6.07) is 9.21. The first-order valence-corrected chi connectivity index (χ1v) is 5.80. The summed E-state index contributed by atoms with van der Waals surface area (Å²) in [5, 5.41) is 8.81. The lowest BCUT2D eigenvalue weighted by Gasteiger charge is -2.21. The Kier molecular flexibility index (Phi) is 3.98. The van der Waals surface area contributed by atoms with Crippen molar-refractivity contribution in [1.82, 2.24) is 9.97 Å². The number of nitrogens with zero attached hydrogens (tertiary/aromatic N) is 4. The van der Waals surface area contributed by atoms with E-state index in [1.54, 1.807) is 12.1 Å². The van der Waals surface area contributed by atoms with E-state index in [1.165, 1.54) is 13.4 Å². The van der Waals surface area contributed by atoms with E-state index in [1.807, 2.05) is 24.1 Å². The number of nitrogen functional groups attached to an aromatic ring is 1. The van der Waals surface area contributed by atoms with Crippen LogP contribution in [0.4, 0.5) is 17.3 Å². The third-order valence-electron chi connectivity index (χ3n) is 2.83. The van der Waals surface area contributed by atoms with Gasteiger partial charge >= 0.3 is 0 Å². The molecule has 0 atom stereocenters. The van der Waals surface area contributed by atoms with Crippen molar-refractivity contribution in [3.05, 3.63) is 36.2 Å². The molecule has 0 unspecified atom stereocenters. The van der Waals surface area contributed by atoms with Crippen LogP contribution in [0.1, 0.15) is 5.56 Å². The summed E-state index contributed by atoms with van der Waals surface area (Å²) in [5.41, 5.74) is 3.93. The molecule has 0 amide bonds. The van der Waals surface area contributed by atoms with Crippen LogP contribution in [0.5, 0.6) is 5.75 Å². The van der Waals surface area contributed by atoms with Gasteiger partial charge in [0.15, 0.2) is 11.6 Å². The van der Waals surface area contributed by atoms with Crippen molar-refractivity contribution >= 4 is 17.3 Å². The highest BCUT2D eigenvalue weighted by Crippen LogP contribution is 2.34. The van der Waals surface area contributed by atoms with Crippen LogP contribution in [0.3, 0.4) is 0 Å². The first kappa shape index (κ1) is 13.6. The number of ether oxygens (including phenoxy) is 1. The number of rotatable bonds is 4. The lowest BCUT2D eigenvalue weighted by atomic mass is 10.2. The molecular weight excluding hydrogens is 256 g/mol. The topological polar surface area (TPSA) is 100 Å². The number of aromatic nitrogens is 2. The number of nitrogens with one attached hydrogen (secondary N) is 1. The minimum Gasteiger partial charge on any atom is -0.490 e. The van der Waals surface area contributed by atoms with Crippen molar-refractivity contribution in [3.63, 3.8) is 0 Å². The number of benzene rings is 1. The zero-order chi connectivity index (χ0) is 14.5. The van der Waals surface area contributed by atoms with Crippen LogP contribution in [0.2, 0.25) is 0 Å². The summed E-state index contributed by atoms with van der Waals surface area (Å²) >= 11 is 0. The van der Waals surface area contributed by atoms with Crippen LogP contribution in [0, 0.1) is 11.3 Å². The number of methoxy groups -OCH3 is 1. The van der Waals surface area contributed by atoms with Gasteiger partial charge in [-0.15, -0.1) is 0 Å². The Morgan fingerprint density at radius 1 is 1.30 bits per heavy atom. The molecule has 7 nitrogen and oxygen atoms in total. The quantitative estimate of drug-likeness (QED) is 0.640. The predicted molar refractivity (Wildman–Crippen MR) is 75.6 cm³/mol. The molecule has 7 heteroatoms. The van der Waals surface area contributed by atoms with Crippen molar-refractivity contribution < 1.29 is 4.74 Å². The Balaban J connectivity index is 2.42. The number of nitrogens with two attached hydrogens (primary N) is 1. The molecule has 2 rings (SSSR count). The van der Waals surface area contributed by atoms with Gasteiger partial charge in [0, 0.05) is 12.7 Å². The van der Waals surface area contributed by atoms with Crippen LogP contribution < -0.4 is 20.9 Å². The molecule has 20 heavy (non-hydrogen) atoms. The second-order valence-corrected chi connectivity index (χ2v) is 3.94. The summed E-state index contributed by atoms with van der Waals surface area (Å²) in [6.45, 7) is 0. The Hall–Kier alpha value is -2.85. The summed E-state index contributed by atoms with van der Waals surface area (Å²) in [6.07, 6.45) is 1.40. The third kappa shape index (κ3) is 2.46. The molecule has 0 radical (unpaired) electrons. The largest absolute Gasteiger partial charge is 0.490 e. The van der Waals surface area contributed by atoms with Crippen molar-refractivity contribution in [2.45, 2.75) is 0 Å². The second-order valence-electron chi connectivity index (χ2n) is 3.94. The fourth-order valence-electron chi connectivity index (χ4n) is 1.78. The highest BCUT2D eigenvalue weighted by molar-refractivity contribution is 5.70. The van der Waals surface area contributed by atoms with E-state index < -0.39 is 0 Å². The maximum Gasteiger partial charge on any atom is 0.206 e. The van der Waals surface area contributed by atoms with Crippen molar-refractivity contribution in [1.29, 1.82) is 5.26 Å². The molecule has 0 aliphatic carbocycles. The van der Waals surface area contributed by atoms with Gasteiger partial charge in [-0.25, -0.2) is 15.8 Å². The zero-order valence-electron chi connectivity index (χ0n) is 11.2. The normalized spacial score (nSPS) is 9.70. The highest BCUT2D eigenvalue weighted by atomic mass is 16.5. The van der Waals surface area contributed by atoms with Crippen LogP contribution in [-0.4, -0.2) is 24.1 Å². The van der Waals surface area contributed by atoms with Crippen LogP contribution in [-0.2, 0) is 0 Å². The molecule has 0 aliphatic rings. The SMILES string of the molecule is COc1c(NN)ncnc1N(C)c1ccc(C#N)cc1. The van der Waals surface area contributed by atoms with Gasteiger partial charge in [0.1, 0.15) is 6.33 Å². The van der Waals surface area contributed by atoms with Gasteiger partial charge in [-0.1, -0.05) is 0 Å². The van der Waals surface area contributed by atoms with E-state index in [-0.39, 0.29) is 0 Å². The molecule has 1 aromatic heterocycles. The predicted octanol–water partition coefficient (Wildman–Crippen LogP) is 1.41. The van der Waals surface area contributed by atoms with Crippen LogP contribution in [0.25, 0.3) is 0 Å². The van der Waals surface area contributed by atoms with Gasteiger partial charge in [0.2, 0.25) is 5.75 Å². The standard InChI is InChI=1S/C13H14N6O/c1-19(10-5-3-9(7-14)4-6-10)13-11(20-2)12(18-15)16-8-17-13/h3-6,8H,15H2,1-2H3,(H,16,17,18). The molecule has 1 aromatic carbocycles. The van der Waals surface area contributed by atoms with E-state index in [0.29, 0.717) is 22.9 Å². The minimum atomic E-state index is 0.401. The van der Waals surface area contributed by atoms with E-state index in [4.69, 9.17) is 15.8 Å². The fourth-order valence-corrected chi connectivity index (χ4v) is 1.78. The van der Waals surface area contributed by atoms with Gasteiger partial charge in [0.25, 0.3) is 0 Å². The number of hydrogen-bond acceptors (Lipinski definition) is 7. The molecule has 0 saturated carbocycles. The van der Waals surface area contributed by atoms with Gasteiger partial charge < -0.3 is 15.1 Å². The molecule has 0 aliphatic heterocycles. The molecule has 3 N–H and O–H groups in total. The Labute approximate surface area is 116 Å². The number of hydrogen-bond donors (Lipinski definition) is 2. The summed E-state index contributed by atoms with van der Waals surface area (Å²) < 4.78 is 5.29. The highest BCUT2D eigenvalue weighted by Gasteiger charge is 2.16. The summed E-state index contributed by atoms with van der Waals surface area (Å²) in [7, 11) is 3.36. The molecule has 0 bridgehead atoms. The lowest BCUT2D eigenvalue weighted by molar-refractivity contribution is 0.414. The summed E-state index contributed by atoms with van der Waals surface area (Å²) in [4.78, 5) is 10.0. The molecular formula is C13H14N6O. The molecule has 1 heterocycles. The summed E-state index contributed by atoms with van der Waals surface area (Å²) in [5.74, 6) is 6.81. The van der Waals surface area contributed by atoms with Crippen LogP contribution in [0.15, 0.2) is 30.6 Å². The first-order valence-electron chi connectivity index (χ1n) is 5.80. The monoisotopic (exact) mass is 270 g/mol.